The van der Waals surface area contributed by atoms with Gasteiger partial charge in [-0.2, -0.15) is 0 Å². The first-order valence-electron chi connectivity index (χ1n) is 4.41. The van der Waals surface area contributed by atoms with Crippen molar-refractivity contribution in [3.8, 4) is 0 Å². The zero-order valence-corrected chi connectivity index (χ0v) is 8.01. The number of hydrogen-bond acceptors (Lipinski definition) is 6. The van der Waals surface area contributed by atoms with Gasteiger partial charge in [-0.05, 0) is 13.8 Å². The van der Waals surface area contributed by atoms with Crippen molar-refractivity contribution in [2.75, 3.05) is 6.61 Å². The maximum Gasteiger partial charge on any atom is 0.193 e. The van der Waals surface area contributed by atoms with Crippen molar-refractivity contribution in [1.82, 2.24) is 0 Å². The van der Waals surface area contributed by atoms with Gasteiger partial charge in [0.05, 0.1) is 6.61 Å². The summed E-state index contributed by atoms with van der Waals surface area (Å²) in [6, 6.07) is 0. The summed E-state index contributed by atoms with van der Waals surface area (Å²) in [5.41, 5.74) is 0.281. The average Bonchev–Trinajstić information content (AvgIpc) is 2.55. The van der Waals surface area contributed by atoms with E-state index in [4.69, 9.17) is 24.5 Å². The molecule has 0 aliphatic carbocycles. The Labute approximate surface area is 81.1 Å². The molecule has 2 aliphatic heterocycles. The van der Waals surface area contributed by atoms with E-state index >= 15 is 0 Å². The topological polar surface area (TPSA) is 80.5 Å². The molecule has 0 aromatic carbocycles. The predicted molar refractivity (Wildman–Crippen MR) is 45.0 cm³/mol. The zero-order chi connectivity index (χ0) is 10.3. The highest BCUT2D eigenvalue weighted by Crippen LogP contribution is 2.35. The highest BCUT2D eigenvalue weighted by Gasteiger charge is 2.53. The van der Waals surface area contributed by atoms with Crippen LogP contribution in [0.2, 0.25) is 0 Å². The maximum absolute atomic E-state index is 8.92. The molecule has 2 fully saturated rings. The van der Waals surface area contributed by atoms with E-state index in [1.807, 2.05) is 0 Å². The van der Waals surface area contributed by atoms with Crippen LogP contribution in [-0.4, -0.2) is 46.9 Å². The maximum atomic E-state index is 8.92. The van der Waals surface area contributed by atoms with Gasteiger partial charge in [-0.1, -0.05) is 5.16 Å². The Morgan fingerprint density at radius 2 is 2.14 bits per heavy atom. The molecule has 0 bridgehead atoms. The Hall–Kier alpha value is -0.690. The summed E-state index contributed by atoms with van der Waals surface area (Å²) in [6.45, 7) is 3.24. The Balaban J connectivity index is 2.18. The second-order valence-electron chi connectivity index (χ2n) is 3.76. The zero-order valence-electron chi connectivity index (χ0n) is 8.01. The van der Waals surface area contributed by atoms with Gasteiger partial charge < -0.3 is 24.5 Å². The Morgan fingerprint density at radius 1 is 1.43 bits per heavy atom. The minimum Gasteiger partial charge on any atom is -0.411 e. The number of oxime groups is 1. The number of aliphatic hydroxyl groups excluding tert-OH is 1. The monoisotopic (exact) mass is 203 g/mol. The first-order chi connectivity index (χ1) is 6.57. The van der Waals surface area contributed by atoms with Crippen LogP contribution in [0, 0.1) is 0 Å². The van der Waals surface area contributed by atoms with Gasteiger partial charge in [0.1, 0.15) is 11.8 Å². The van der Waals surface area contributed by atoms with Crippen LogP contribution in [0.25, 0.3) is 0 Å². The van der Waals surface area contributed by atoms with Crippen LogP contribution < -0.4 is 0 Å². The fourth-order valence-corrected chi connectivity index (χ4v) is 1.70. The quantitative estimate of drug-likeness (QED) is 0.451. The molecule has 2 heterocycles. The van der Waals surface area contributed by atoms with Gasteiger partial charge in [-0.3, -0.25) is 0 Å². The number of aliphatic hydroxyl groups is 1. The highest BCUT2D eigenvalue weighted by molar-refractivity contribution is 5.94. The molecule has 0 saturated carbocycles. The van der Waals surface area contributed by atoms with Gasteiger partial charge in [-0.15, -0.1) is 0 Å². The van der Waals surface area contributed by atoms with Crippen LogP contribution >= 0.6 is 0 Å². The van der Waals surface area contributed by atoms with Gasteiger partial charge in [0.25, 0.3) is 0 Å². The molecule has 0 spiro atoms. The molecule has 80 valence electrons. The third-order valence-electron chi connectivity index (χ3n) is 2.26. The fourth-order valence-electron chi connectivity index (χ4n) is 1.70. The molecule has 0 amide bonds. The SMILES string of the molecule is CC1(C)O[C@H]2O[C@H](CO)/C(=N\O)[C@H]2O1. The molecule has 0 unspecified atom stereocenters. The molecule has 6 heteroatoms. The molecular weight excluding hydrogens is 190 g/mol. The van der Waals surface area contributed by atoms with Crippen LogP contribution in [0.1, 0.15) is 13.8 Å². The van der Waals surface area contributed by atoms with Crippen molar-refractivity contribution in [1.29, 1.82) is 0 Å². The van der Waals surface area contributed by atoms with E-state index in [0.29, 0.717) is 0 Å². The molecule has 0 aromatic rings. The van der Waals surface area contributed by atoms with Crippen molar-refractivity contribution >= 4 is 5.71 Å². The summed E-state index contributed by atoms with van der Waals surface area (Å²) in [5.74, 6) is -0.744. The lowest BCUT2D eigenvalue weighted by Gasteiger charge is -2.19. The van der Waals surface area contributed by atoms with Crippen LogP contribution in [-0.2, 0) is 14.2 Å². The number of rotatable bonds is 1. The van der Waals surface area contributed by atoms with E-state index in [1.165, 1.54) is 0 Å². The molecule has 2 aliphatic rings. The van der Waals surface area contributed by atoms with Crippen LogP contribution in [0.3, 0.4) is 0 Å². The first kappa shape index (κ1) is 9.85. The first-order valence-corrected chi connectivity index (χ1v) is 4.41. The molecule has 2 N–H and O–H groups in total. The number of nitrogens with zero attached hydrogens (tertiary/aromatic N) is 1. The molecule has 0 radical (unpaired) electrons. The van der Waals surface area contributed by atoms with Crippen molar-refractivity contribution < 1.29 is 24.5 Å². The fraction of sp³-hybridized carbons (Fsp3) is 0.875. The lowest BCUT2D eigenvalue weighted by atomic mass is 10.2. The Bertz CT molecular complexity index is 264. The Kier molecular flexibility index (Phi) is 2.23. The predicted octanol–water partition coefficient (Wildman–Crippen LogP) is -0.315. The van der Waals surface area contributed by atoms with Crippen LogP contribution in [0.5, 0.6) is 0 Å². The van der Waals surface area contributed by atoms with E-state index in [0.717, 1.165) is 0 Å². The van der Waals surface area contributed by atoms with Gasteiger partial charge in [0.15, 0.2) is 18.2 Å². The van der Waals surface area contributed by atoms with E-state index in [-0.39, 0.29) is 12.3 Å². The smallest absolute Gasteiger partial charge is 0.193 e. The highest BCUT2D eigenvalue weighted by atomic mass is 16.8. The van der Waals surface area contributed by atoms with E-state index in [2.05, 4.69) is 5.16 Å². The third-order valence-corrected chi connectivity index (χ3v) is 2.26. The summed E-state index contributed by atoms with van der Waals surface area (Å²) in [5, 5.41) is 20.7. The van der Waals surface area contributed by atoms with Gasteiger partial charge in [0.2, 0.25) is 0 Å². The minimum absolute atomic E-state index is 0.250. The molecule has 6 nitrogen and oxygen atoms in total. The normalized spacial score (nSPS) is 43.1. The molecule has 2 rings (SSSR count). The number of fused-ring (bicyclic) bond motifs is 1. The Morgan fingerprint density at radius 3 is 2.71 bits per heavy atom. The second-order valence-corrected chi connectivity index (χ2v) is 3.76. The van der Waals surface area contributed by atoms with Gasteiger partial charge >= 0.3 is 0 Å². The van der Waals surface area contributed by atoms with E-state index in [1.54, 1.807) is 13.8 Å². The van der Waals surface area contributed by atoms with Crippen molar-refractivity contribution in [2.45, 2.75) is 38.1 Å². The summed E-state index contributed by atoms with van der Waals surface area (Å²) >= 11 is 0. The van der Waals surface area contributed by atoms with Crippen molar-refractivity contribution in [3.63, 3.8) is 0 Å². The van der Waals surface area contributed by atoms with Gasteiger partial charge in [0, 0.05) is 0 Å². The lowest BCUT2D eigenvalue weighted by molar-refractivity contribution is -0.199. The second kappa shape index (κ2) is 3.16. The third kappa shape index (κ3) is 1.40. The van der Waals surface area contributed by atoms with Gasteiger partial charge in [-0.25, -0.2) is 0 Å². The van der Waals surface area contributed by atoms with Crippen molar-refractivity contribution in [2.24, 2.45) is 5.16 Å². The average molecular weight is 203 g/mol. The summed E-state index contributed by atoms with van der Waals surface area (Å²) < 4.78 is 16.1. The summed E-state index contributed by atoms with van der Waals surface area (Å²) in [7, 11) is 0. The standard InChI is InChI=1S/C8H13NO5/c1-8(2)13-6-5(9-11)4(3-10)12-7(6)14-8/h4,6-7,10-11H,3H2,1-2H3/b9-5+/t4-,6-,7-/m1/s1. The van der Waals surface area contributed by atoms with E-state index < -0.39 is 24.3 Å². The minimum atomic E-state index is -0.744. The number of ether oxygens (including phenoxy) is 3. The van der Waals surface area contributed by atoms with E-state index in [9.17, 15) is 0 Å². The summed E-state index contributed by atoms with van der Waals surface area (Å²) in [6.07, 6.45) is -1.74. The van der Waals surface area contributed by atoms with Crippen LogP contribution in [0.15, 0.2) is 5.16 Å². The molecular formula is C8H13NO5. The number of hydrogen-bond donors (Lipinski definition) is 2. The largest absolute Gasteiger partial charge is 0.411 e. The van der Waals surface area contributed by atoms with Crippen molar-refractivity contribution in [3.05, 3.63) is 0 Å². The summed E-state index contributed by atoms with van der Waals surface area (Å²) in [4.78, 5) is 0. The van der Waals surface area contributed by atoms with Crippen LogP contribution in [0.4, 0.5) is 0 Å². The molecule has 3 atom stereocenters. The molecule has 2 saturated heterocycles. The lowest BCUT2D eigenvalue weighted by Crippen LogP contribution is -2.32. The molecule has 14 heavy (non-hydrogen) atoms. The molecule has 0 aromatic heterocycles.